The molecule has 0 heterocycles. The van der Waals surface area contributed by atoms with Gasteiger partial charge in [0.1, 0.15) is 5.75 Å². The van der Waals surface area contributed by atoms with E-state index >= 15 is 0 Å². The van der Waals surface area contributed by atoms with E-state index in [4.69, 9.17) is 4.74 Å². The number of rotatable bonds is 9. The lowest BCUT2D eigenvalue weighted by atomic mass is 9.58. The molecule has 0 aromatic heterocycles. The Bertz CT molecular complexity index is 631. The zero-order valence-corrected chi connectivity index (χ0v) is 18.1. The van der Waals surface area contributed by atoms with E-state index in [0.717, 1.165) is 56.3 Å². The monoisotopic (exact) mass is 381 g/mol. The molecule has 28 heavy (non-hydrogen) atoms. The smallest absolute Gasteiger partial charge is 0.119 e. The van der Waals surface area contributed by atoms with Crippen molar-refractivity contribution in [3.8, 4) is 11.8 Å². The first-order valence-corrected chi connectivity index (χ1v) is 11.8. The number of hydrogen-bond donors (Lipinski definition) is 0. The number of nitrogens with zero attached hydrogens (tertiary/aromatic N) is 1. The van der Waals surface area contributed by atoms with Gasteiger partial charge >= 0.3 is 0 Å². The van der Waals surface area contributed by atoms with Crippen LogP contribution in [0.4, 0.5) is 0 Å². The predicted octanol–water partition coefficient (Wildman–Crippen LogP) is 7.64. The van der Waals surface area contributed by atoms with Crippen molar-refractivity contribution in [2.45, 2.75) is 96.8 Å². The van der Waals surface area contributed by atoms with Crippen LogP contribution < -0.4 is 4.74 Å². The average molecular weight is 382 g/mol. The van der Waals surface area contributed by atoms with Crippen LogP contribution in [0.5, 0.6) is 5.75 Å². The van der Waals surface area contributed by atoms with Crippen LogP contribution in [0, 0.1) is 28.6 Å². The van der Waals surface area contributed by atoms with Crippen molar-refractivity contribution in [2.24, 2.45) is 17.3 Å². The molecule has 0 bridgehead atoms. The van der Waals surface area contributed by atoms with E-state index in [1.807, 2.05) is 0 Å². The molecule has 1 aromatic rings. The molecule has 2 heteroatoms. The Morgan fingerprint density at radius 2 is 1.82 bits per heavy atom. The highest BCUT2D eigenvalue weighted by atomic mass is 16.5. The first-order valence-electron chi connectivity index (χ1n) is 11.8. The lowest BCUT2D eigenvalue weighted by molar-refractivity contribution is 0.0796. The summed E-state index contributed by atoms with van der Waals surface area (Å²) in [6.07, 6.45) is 14.7. The first-order chi connectivity index (χ1) is 13.7. The topological polar surface area (TPSA) is 33.0 Å². The van der Waals surface area contributed by atoms with Crippen LogP contribution in [0.3, 0.4) is 0 Å². The number of unbranched alkanes of at least 4 members (excludes halogenated alkanes) is 3. The second-order valence-electron chi connectivity index (χ2n) is 9.39. The molecule has 0 N–H and O–H groups in total. The van der Waals surface area contributed by atoms with Crippen molar-refractivity contribution in [2.75, 3.05) is 6.61 Å². The third-order valence-electron chi connectivity index (χ3n) is 7.37. The molecule has 154 valence electrons. The Kier molecular flexibility index (Phi) is 7.83. The normalized spacial score (nSPS) is 29.7. The van der Waals surface area contributed by atoms with Gasteiger partial charge in [-0.1, -0.05) is 51.7 Å². The van der Waals surface area contributed by atoms with Crippen LogP contribution in [-0.4, -0.2) is 6.61 Å². The second kappa shape index (κ2) is 10.3. The molecule has 3 rings (SSSR count). The van der Waals surface area contributed by atoms with Crippen molar-refractivity contribution < 1.29 is 4.74 Å². The van der Waals surface area contributed by atoms with Gasteiger partial charge in [-0.15, -0.1) is 0 Å². The summed E-state index contributed by atoms with van der Waals surface area (Å²) >= 11 is 0. The molecule has 2 aliphatic carbocycles. The van der Waals surface area contributed by atoms with Crippen LogP contribution in [0.25, 0.3) is 0 Å². The summed E-state index contributed by atoms with van der Waals surface area (Å²) in [5.74, 6) is 3.32. The van der Waals surface area contributed by atoms with Crippen LogP contribution in [0.15, 0.2) is 24.3 Å². The molecule has 2 saturated carbocycles. The molecule has 2 aliphatic rings. The molecule has 0 spiro atoms. The molecule has 0 saturated heterocycles. The van der Waals surface area contributed by atoms with Gasteiger partial charge in [0.2, 0.25) is 0 Å². The maximum absolute atomic E-state index is 9.76. The number of ether oxygens (including phenoxy) is 1. The molecule has 2 unspecified atom stereocenters. The molecule has 0 radical (unpaired) electrons. The van der Waals surface area contributed by atoms with Crippen LogP contribution >= 0.6 is 0 Å². The lowest BCUT2D eigenvalue weighted by Gasteiger charge is -2.45. The van der Waals surface area contributed by atoms with Crippen LogP contribution in [0.2, 0.25) is 0 Å². The third-order valence-corrected chi connectivity index (χ3v) is 7.37. The lowest BCUT2D eigenvalue weighted by Crippen LogP contribution is -2.36. The zero-order valence-electron chi connectivity index (χ0n) is 18.1. The van der Waals surface area contributed by atoms with E-state index in [-0.39, 0.29) is 5.41 Å². The van der Waals surface area contributed by atoms with E-state index in [1.165, 1.54) is 50.5 Å². The highest BCUT2D eigenvalue weighted by molar-refractivity contribution is 5.30. The first kappa shape index (κ1) is 21.2. The fraction of sp³-hybridized carbons (Fsp3) is 0.731. The summed E-state index contributed by atoms with van der Waals surface area (Å²) in [6.45, 7) is 5.30. The molecule has 2 fully saturated rings. The summed E-state index contributed by atoms with van der Waals surface area (Å²) in [6, 6.07) is 11.7. The minimum atomic E-state index is -0.0150. The Hall–Kier alpha value is -1.49. The highest BCUT2D eigenvalue weighted by Crippen LogP contribution is 2.52. The Morgan fingerprint density at radius 1 is 1.00 bits per heavy atom. The summed E-state index contributed by atoms with van der Waals surface area (Å²) in [5, 5.41) is 9.76. The molecule has 2 nitrogen and oxygen atoms in total. The van der Waals surface area contributed by atoms with Gasteiger partial charge in [-0.3, -0.25) is 0 Å². The maximum atomic E-state index is 9.76. The molecular formula is C26H39NO. The Labute approximate surface area is 172 Å². The van der Waals surface area contributed by atoms with Gasteiger partial charge in [-0.2, -0.15) is 5.26 Å². The van der Waals surface area contributed by atoms with Gasteiger partial charge in [-0.25, -0.2) is 0 Å². The molecule has 1 aromatic carbocycles. The number of hydrogen-bond acceptors (Lipinski definition) is 2. The van der Waals surface area contributed by atoms with Crippen molar-refractivity contribution in [1.82, 2.24) is 0 Å². The van der Waals surface area contributed by atoms with Crippen molar-refractivity contribution >= 4 is 0 Å². The van der Waals surface area contributed by atoms with Gasteiger partial charge in [0, 0.05) is 0 Å². The minimum Gasteiger partial charge on any atom is -0.494 e. The van der Waals surface area contributed by atoms with E-state index in [2.05, 4.69) is 44.2 Å². The van der Waals surface area contributed by atoms with Gasteiger partial charge in [0.05, 0.1) is 18.1 Å². The van der Waals surface area contributed by atoms with Crippen LogP contribution in [-0.2, 0) is 0 Å². The summed E-state index contributed by atoms with van der Waals surface area (Å²) in [4.78, 5) is 0. The van der Waals surface area contributed by atoms with Crippen LogP contribution in [0.1, 0.15) is 102 Å². The summed E-state index contributed by atoms with van der Waals surface area (Å²) in [7, 11) is 0. The standard InChI is InChI=1S/C26H39NO/c1-3-5-6-7-17-28-25-12-10-21(11-13-25)22-8-9-24-19-26(20-27,15-4-2)16-14-23(24)18-22/h10-13,22-24H,3-9,14-19H2,1-2H3/t22?,23-,24?,26+/m1/s1. The van der Waals surface area contributed by atoms with Gasteiger partial charge < -0.3 is 4.74 Å². The Morgan fingerprint density at radius 3 is 2.54 bits per heavy atom. The van der Waals surface area contributed by atoms with Gasteiger partial charge in [-0.05, 0) is 86.8 Å². The number of fused-ring (bicyclic) bond motifs is 1. The molecule has 0 aliphatic heterocycles. The van der Waals surface area contributed by atoms with Crippen molar-refractivity contribution in [3.63, 3.8) is 0 Å². The molecule has 0 amide bonds. The fourth-order valence-corrected chi connectivity index (χ4v) is 5.74. The summed E-state index contributed by atoms with van der Waals surface area (Å²) < 4.78 is 5.91. The van der Waals surface area contributed by atoms with E-state index < -0.39 is 0 Å². The van der Waals surface area contributed by atoms with Gasteiger partial charge in [0.15, 0.2) is 0 Å². The minimum absolute atomic E-state index is 0.0150. The predicted molar refractivity (Wildman–Crippen MR) is 116 cm³/mol. The van der Waals surface area contributed by atoms with E-state index in [9.17, 15) is 5.26 Å². The SMILES string of the molecule is CCCCCCOc1ccc(C2CCC3C[C@](C#N)(CCC)CC[C@@H]3C2)cc1. The number of nitriles is 1. The van der Waals surface area contributed by atoms with Gasteiger partial charge in [0.25, 0.3) is 0 Å². The second-order valence-corrected chi connectivity index (χ2v) is 9.39. The zero-order chi connectivity index (χ0) is 19.8. The highest BCUT2D eigenvalue weighted by Gasteiger charge is 2.43. The summed E-state index contributed by atoms with van der Waals surface area (Å²) in [5.41, 5.74) is 1.47. The van der Waals surface area contributed by atoms with Crippen molar-refractivity contribution in [3.05, 3.63) is 29.8 Å². The molecule has 4 atom stereocenters. The fourth-order valence-electron chi connectivity index (χ4n) is 5.74. The Balaban J connectivity index is 1.50. The third kappa shape index (κ3) is 5.31. The maximum Gasteiger partial charge on any atom is 0.119 e. The quantitative estimate of drug-likeness (QED) is 0.412. The molecular weight excluding hydrogens is 342 g/mol. The average Bonchev–Trinajstić information content (AvgIpc) is 2.74. The largest absolute Gasteiger partial charge is 0.494 e. The van der Waals surface area contributed by atoms with E-state index in [1.54, 1.807) is 0 Å². The van der Waals surface area contributed by atoms with E-state index in [0.29, 0.717) is 5.92 Å². The van der Waals surface area contributed by atoms with Crippen molar-refractivity contribution in [1.29, 1.82) is 5.26 Å². The number of benzene rings is 1.